The highest BCUT2D eigenvalue weighted by Gasteiger charge is 2.14. The first-order valence-corrected chi connectivity index (χ1v) is 5.33. The van der Waals surface area contributed by atoms with E-state index in [0.717, 1.165) is 0 Å². The average Bonchev–Trinajstić information content (AvgIpc) is 2.28. The highest BCUT2D eigenvalue weighted by Crippen LogP contribution is 2.07. The molecule has 0 aliphatic carbocycles. The van der Waals surface area contributed by atoms with Crippen LogP contribution in [0.1, 0.15) is 35.6 Å². The maximum Gasteiger partial charge on any atom is 0.253 e. The van der Waals surface area contributed by atoms with Crippen molar-refractivity contribution < 1.29 is 9.90 Å². The van der Waals surface area contributed by atoms with Crippen LogP contribution in [-0.2, 0) is 6.42 Å². The quantitative estimate of drug-likeness (QED) is 0.777. The lowest BCUT2D eigenvalue weighted by Crippen LogP contribution is -2.35. The predicted octanol–water partition coefficient (Wildman–Crippen LogP) is 0.458. The first-order valence-electron chi connectivity index (χ1n) is 5.33. The molecule has 88 valence electrons. The van der Waals surface area contributed by atoms with E-state index in [1.165, 1.54) is 0 Å². The Kier molecular flexibility index (Phi) is 4.37. The van der Waals surface area contributed by atoms with Gasteiger partial charge >= 0.3 is 0 Å². The molecule has 1 atom stereocenters. The van der Waals surface area contributed by atoms with Crippen molar-refractivity contribution in [1.29, 1.82) is 0 Å². The van der Waals surface area contributed by atoms with Crippen LogP contribution in [0.2, 0.25) is 0 Å². The van der Waals surface area contributed by atoms with Crippen molar-refractivity contribution in [1.82, 2.24) is 15.5 Å². The second kappa shape index (κ2) is 5.55. The summed E-state index contributed by atoms with van der Waals surface area (Å²) in [6, 6.07) is 1.45. The maximum absolute atomic E-state index is 11.9. The molecule has 0 spiro atoms. The number of aliphatic hydroxyl groups excluding tert-OH is 1. The summed E-state index contributed by atoms with van der Waals surface area (Å²) < 4.78 is 0. The number of nitrogens with one attached hydrogen (secondary N) is 1. The fraction of sp³-hybridized carbons (Fsp3) is 0.545. The highest BCUT2D eigenvalue weighted by molar-refractivity contribution is 5.95. The van der Waals surface area contributed by atoms with Crippen molar-refractivity contribution in [2.24, 2.45) is 0 Å². The number of rotatable bonds is 4. The molecular weight excluding hydrogens is 206 g/mol. The van der Waals surface area contributed by atoms with Crippen LogP contribution in [0.25, 0.3) is 0 Å². The summed E-state index contributed by atoms with van der Waals surface area (Å²) in [5.41, 5.74) is 1.92. The Labute approximate surface area is 94.9 Å². The molecule has 1 amide bonds. The lowest BCUT2D eigenvalue weighted by atomic mass is 10.1. The zero-order chi connectivity index (χ0) is 12.1. The summed E-state index contributed by atoms with van der Waals surface area (Å²) in [4.78, 5) is 11.9. The Morgan fingerprint density at radius 3 is 2.81 bits per heavy atom. The Morgan fingerprint density at radius 1 is 1.56 bits per heavy atom. The predicted molar refractivity (Wildman–Crippen MR) is 60.2 cm³/mol. The van der Waals surface area contributed by atoms with E-state index in [1.54, 1.807) is 19.9 Å². The monoisotopic (exact) mass is 223 g/mol. The third-order valence-electron chi connectivity index (χ3n) is 2.22. The van der Waals surface area contributed by atoms with Gasteiger partial charge in [-0.1, -0.05) is 6.92 Å². The molecule has 1 heterocycles. The van der Waals surface area contributed by atoms with Gasteiger partial charge in [0.1, 0.15) is 0 Å². The molecule has 0 aliphatic heterocycles. The molecule has 5 heteroatoms. The molecule has 5 nitrogen and oxygen atoms in total. The van der Waals surface area contributed by atoms with E-state index in [0.29, 0.717) is 23.4 Å². The number of carbonyl (C=O) groups is 1. The first kappa shape index (κ1) is 12.6. The van der Waals surface area contributed by atoms with E-state index in [-0.39, 0.29) is 18.6 Å². The van der Waals surface area contributed by atoms with Crippen molar-refractivity contribution in [2.75, 3.05) is 6.61 Å². The lowest BCUT2D eigenvalue weighted by molar-refractivity contribution is 0.0920. The van der Waals surface area contributed by atoms with Gasteiger partial charge in [0, 0.05) is 6.04 Å². The number of carbonyl (C=O) groups excluding carboxylic acids is 1. The van der Waals surface area contributed by atoms with Crippen LogP contribution in [0.3, 0.4) is 0 Å². The molecule has 0 radical (unpaired) electrons. The smallest absolute Gasteiger partial charge is 0.253 e. The van der Waals surface area contributed by atoms with Gasteiger partial charge in [-0.05, 0) is 26.3 Å². The summed E-state index contributed by atoms with van der Waals surface area (Å²) in [6.45, 7) is 5.37. The number of nitrogens with zero attached hydrogens (tertiary/aromatic N) is 2. The van der Waals surface area contributed by atoms with Gasteiger partial charge < -0.3 is 10.4 Å². The Morgan fingerprint density at radius 2 is 2.25 bits per heavy atom. The van der Waals surface area contributed by atoms with Crippen molar-refractivity contribution in [3.8, 4) is 0 Å². The van der Waals surface area contributed by atoms with Crippen LogP contribution in [-0.4, -0.2) is 33.9 Å². The van der Waals surface area contributed by atoms with Crippen molar-refractivity contribution in [3.63, 3.8) is 0 Å². The van der Waals surface area contributed by atoms with Crippen LogP contribution in [0.5, 0.6) is 0 Å². The fourth-order valence-corrected chi connectivity index (χ4v) is 1.32. The van der Waals surface area contributed by atoms with Crippen LogP contribution in [0, 0.1) is 6.92 Å². The molecule has 1 unspecified atom stereocenters. The van der Waals surface area contributed by atoms with Gasteiger partial charge in [-0.25, -0.2) is 0 Å². The largest absolute Gasteiger partial charge is 0.394 e. The Bertz CT molecular complexity index is 379. The molecule has 16 heavy (non-hydrogen) atoms. The van der Waals surface area contributed by atoms with E-state index in [2.05, 4.69) is 15.5 Å². The van der Waals surface area contributed by atoms with Gasteiger partial charge in [-0.15, -0.1) is 0 Å². The standard InChI is InChI=1S/C11H17N3O2/c1-4-10-9(5-7(2)13-14-10)11(16)12-8(3)6-15/h5,8,15H,4,6H2,1-3H3,(H,12,16). The fourth-order valence-electron chi connectivity index (χ4n) is 1.32. The molecule has 1 aromatic heterocycles. The SMILES string of the molecule is CCc1nnc(C)cc1C(=O)NC(C)CO. The van der Waals surface area contributed by atoms with Crippen LogP contribution in [0.15, 0.2) is 6.07 Å². The number of aliphatic hydroxyl groups is 1. The van der Waals surface area contributed by atoms with Crippen LogP contribution >= 0.6 is 0 Å². The second-order valence-electron chi connectivity index (χ2n) is 3.76. The topological polar surface area (TPSA) is 75.1 Å². The van der Waals surface area contributed by atoms with Gasteiger partial charge in [0.15, 0.2) is 0 Å². The average molecular weight is 223 g/mol. The highest BCUT2D eigenvalue weighted by atomic mass is 16.3. The molecule has 1 aromatic rings. The second-order valence-corrected chi connectivity index (χ2v) is 3.76. The van der Waals surface area contributed by atoms with Gasteiger partial charge in [0.25, 0.3) is 5.91 Å². The zero-order valence-electron chi connectivity index (χ0n) is 9.82. The first-order chi connectivity index (χ1) is 7.58. The molecule has 0 bridgehead atoms. The van der Waals surface area contributed by atoms with Crippen LogP contribution < -0.4 is 5.32 Å². The number of hydrogen-bond donors (Lipinski definition) is 2. The molecular formula is C11H17N3O2. The van der Waals surface area contributed by atoms with E-state index >= 15 is 0 Å². The van der Waals surface area contributed by atoms with Gasteiger partial charge in [0.05, 0.1) is 23.6 Å². The third-order valence-corrected chi connectivity index (χ3v) is 2.22. The minimum atomic E-state index is -0.259. The molecule has 1 rings (SSSR count). The van der Waals surface area contributed by atoms with Crippen LogP contribution in [0.4, 0.5) is 0 Å². The summed E-state index contributed by atoms with van der Waals surface area (Å²) in [5, 5.41) is 19.5. The third kappa shape index (κ3) is 3.00. The van der Waals surface area contributed by atoms with E-state index < -0.39 is 0 Å². The maximum atomic E-state index is 11.9. The Balaban J connectivity index is 2.93. The summed E-state index contributed by atoms with van der Waals surface area (Å²) in [5.74, 6) is -0.212. The Hall–Kier alpha value is -1.49. The normalized spacial score (nSPS) is 12.2. The summed E-state index contributed by atoms with van der Waals surface area (Å²) in [7, 11) is 0. The molecule has 2 N–H and O–H groups in total. The van der Waals surface area contributed by atoms with Gasteiger partial charge in [-0.2, -0.15) is 10.2 Å². The minimum absolute atomic E-state index is 0.0787. The molecule has 0 aromatic carbocycles. The van der Waals surface area contributed by atoms with E-state index in [4.69, 9.17) is 5.11 Å². The van der Waals surface area contributed by atoms with Gasteiger partial charge in [0.2, 0.25) is 0 Å². The number of aryl methyl sites for hydroxylation is 2. The van der Waals surface area contributed by atoms with Crippen molar-refractivity contribution >= 4 is 5.91 Å². The van der Waals surface area contributed by atoms with E-state index in [1.807, 2.05) is 6.92 Å². The summed E-state index contributed by atoms with van der Waals surface area (Å²) >= 11 is 0. The summed E-state index contributed by atoms with van der Waals surface area (Å²) in [6.07, 6.45) is 0.656. The van der Waals surface area contributed by atoms with Gasteiger partial charge in [-0.3, -0.25) is 4.79 Å². The number of amides is 1. The minimum Gasteiger partial charge on any atom is -0.394 e. The number of aromatic nitrogens is 2. The lowest BCUT2D eigenvalue weighted by Gasteiger charge is -2.12. The molecule has 0 fully saturated rings. The van der Waals surface area contributed by atoms with E-state index in [9.17, 15) is 4.79 Å². The molecule has 0 aliphatic rings. The molecule has 0 saturated carbocycles. The number of hydrogen-bond acceptors (Lipinski definition) is 4. The van der Waals surface area contributed by atoms with Crippen molar-refractivity contribution in [3.05, 3.63) is 23.0 Å². The molecule has 0 saturated heterocycles. The van der Waals surface area contributed by atoms with Crippen molar-refractivity contribution in [2.45, 2.75) is 33.2 Å². The zero-order valence-corrected chi connectivity index (χ0v) is 9.82.